The summed E-state index contributed by atoms with van der Waals surface area (Å²) in [6.45, 7) is 0.534. The van der Waals surface area contributed by atoms with Crippen LogP contribution in [0.15, 0.2) is 30.6 Å². The van der Waals surface area contributed by atoms with E-state index in [-0.39, 0.29) is 5.91 Å². The summed E-state index contributed by atoms with van der Waals surface area (Å²) < 4.78 is 12.2. The van der Waals surface area contributed by atoms with Gasteiger partial charge in [-0.25, -0.2) is 0 Å². The van der Waals surface area contributed by atoms with Crippen LogP contribution in [0.5, 0.6) is 11.5 Å². The minimum atomic E-state index is -0.413. The van der Waals surface area contributed by atoms with Crippen molar-refractivity contribution in [1.29, 1.82) is 0 Å². The zero-order valence-corrected chi connectivity index (χ0v) is 14.5. The van der Waals surface area contributed by atoms with Gasteiger partial charge in [0.2, 0.25) is 5.91 Å². The second-order valence-corrected chi connectivity index (χ2v) is 5.40. The van der Waals surface area contributed by atoms with Gasteiger partial charge >= 0.3 is 0 Å². The van der Waals surface area contributed by atoms with Crippen molar-refractivity contribution in [2.45, 2.75) is 12.5 Å². The molecule has 0 saturated heterocycles. The number of carbonyl (C=O) groups is 1. The summed E-state index contributed by atoms with van der Waals surface area (Å²) in [5.74, 6) is 1.30. The summed E-state index contributed by atoms with van der Waals surface area (Å²) in [6, 6.07) is 5.33. The van der Waals surface area contributed by atoms with Gasteiger partial charge in [-0.2, -0.15) is 5.10 Å². The molecule has 2 aromatic rings. The first-order valence-electron chi connectivity index (χ1n) is 7.73. The predicted molar refractivity (Wildman–Crippen MR) is 91.3 cm³/mol. The smallest absolute Gasteiger partial charge is 0.241 e. The normalized spacial score (nSPS) is 11.8. The first-order chi connectivity index (χ1) is 11.6. The van der Waals surface area contributed by atoms with E-state index in [2.05, 4.69) is 15.7 Å². The number of amides is 1. The molecule has 0 fully saturated rings. The summed E-state index contributed by atoms with van der Waals surface area (Å²) in [7, 11) is 6.79. The molecule has 7 nitrogen and oxygen atoms in total. The highest BCUT2D eigenvalue weighted by atomic mass is 16.5. The average Bonchev–Trinajstić information content (AvgIpc) is 3.01. The Balaban J connectivity index is 1.92. The molecule has 7 heteroatoms. The molecule has 24 heavy (non-hydrogen) atoms. The monoisotopic (exact) mass is 332 g/mol. The fourth-order valence-electron chi connectivity index (χ4n) is 2.51. The molecule has 1 aromatic carbocycles. The van der Waals surface area contributed by atoms with E-state index < -0.39 is 6.04 Å². The molecular formula is C17H24N4O3. The Morgan fingerprint density at radius 1 is 1.29 bits per heavy atom. The molecule has 1 unspecified atom stereocenters. The molecule has 1 atom stereocenters. The Morgan fingerprint density at radius 3 is 2.62 bits per heavy atom. The van der Waals surface area contributed by atoms with Crippen molar-refractivity contribution >= 4 is 5.91 Å². The van der Waals surface area contributed by atoms with Gasteiger partial charge in [-0.3, -0.25) is 9.48 Å². The van der Waals surface area contributed by atoms with Crippen LogP contribution in [0.3, 0.4) is 0 Å². The number of aromatic nitrogens is 2. The van der Waals surface area contributed by atoms with Gasteiger partial charge in [0.25, 0.3) is 0 Å². The first kappa shape index (κ1) is 17.8. The van der Waals surface area contributed by atoms with Crippen molar-refractivity contribution in [1.82, 2.24) is 20.4 Å². The molecule has 1 amide bonds. The van der Waals surface area contributed by atoms with Gasteiger partial charge in [0.15, 0.2) is 11.5 Å². The van der Waals surface area contributed by atoms with Crippen LogP contribution in [0.25, 0.3) is 0 Å². The summed E-state index contributed by atoms with van der Waals surface area (Å²) in [4.78, 5) is 12.3. The van der Waals surface area contributed by atoms with E-state index in [0.717, 1.165) is 11.1 Å². The number of nitrogens with zero attached hydrogens (tertiary/aromatic N) is 2. The Kier molecular flexibility index (Phi) is 6.20. The van der Waals surface area contributed by atoms with Crippen LogP contribution in [0.1, 0.15) is 17.2 Å². The summed E-state index contributed by atoms with van der Waals surface area (Å²) in [5.41, 5.74) is 1.90. The lowest BCUT2D eigenvalue weighted by Gasteiger charge is -2.15. The fourth-order valence-corrected chi connectivity index (χ4v) is 2.51. The number of likely N-dealkylation sites (N-methyl/N-ethyl adjacent to an activating group) is 1. The van der Waals surface area contributed by atoms with Crippen LogP contribution in [-0.2, 0) is 18.3 Å². The van der Waals surface area contributed by atoms with E-state index >= 15 is 0 Å². The third-order valence-corrected chi connectivity index (χ3v) is 3.77. The third-order valence-electron chi connectivity index (χ3n) is 3.77. The molecule has 0 aliphatic heterocycles. The summed E-state index contributed by atoms with van der Waals surface area (Å²) >= 11 is 0. The van der Waals surface area contributed by atoms with E-state index in [1.54, 1.807) is 32.1 Å². The number of methoxy groups -OCH3 is 2. The number of ether oxygens (including phenoxy) is 2. The number of benzene rings is 1. The average molecular weight is 332 g/mol. The van der Waals surface area contributed by atoms with Crippen LogP contribution in [0, 0.1) is 0 Å². The number of rotatable bonds is 8. The fraction of sp³-hybridized carbons (Fsp3) is 0.412. The topological polar surface area (TPSA) is 77.4 Å². The van der Waals surface area contributed by atoms with Crippen molar-refractivity contribution in [3.05, 3.63) is 41.7 Å². The summed E-state index contributed by atoms with van der Waals surface area (Å²) in [6.07, 6.45) is 4.22. The maximum absolute atomic E-state index is 12.3. The SMILES string of the molecule is CNC(C(=O)NCCc1ccc(OC)c(OC)c1)c1cnn(C)c1. The van der Waals surface area contributed by atoms with Crippen molar-refractivity contribution in [2.75, 3.05) is 27.8 Å². The minimum Gasteiger partial charge on any atom is -0.493 e. The second kappa shape index (κ2) is 8.35. The van der Waals surface area contributed by atoms with Crippen LogP contribution < -0.4 is 20.1 Å². The number of aryl methyl sites for hydroxylation is 1. The lowest BCUT2D eigenvalue weighted by molar-refractivity contribution is -0.123. The van der Waals surface area contributed by atoms with Crippen molar-refractivity contribution in [3.63, 3.8) is 0 Å². The predicted octanol–water partition coefficient (Wildman–Crippen LogP) is 1.06. The number of hydrogen-bond donors (Lipinski definition) is 2. The molecule has 0 aliphatic carbocycles. The maximum atomic E-state index is 12.3. The van der Waals surface area contributed by atoms with E-state index in [0.29, 0.717) is 24.5 Å². The van der Waals surface area contributed by atoms with Crippen LogP contribution in [-0.4, -0.2) is 43.5 Å². The van der Waals surface area contributed by atoms with Gasteiger partial charge in [0, 0.05) is 25.4 Å². The Hall–Kier alpha value is -2.54. The maximum Gasteiger partial charge on any atom is 0.241 e. The van der Waals surface area contributed by atoms with E-state index in [9.17, 15) is 4.79 Å². The molecule has 2 rings (SSSR count). The molecule has 0 bridgehead atoms. The van der Waals surface area contributed by atoms with Crippen molar-refractivity contribution < 1.29 is 14.3 Å². The highest BCUT2D eigenvalue weighted by Gasteiger charge is 2.19. The third kappa shape index (κ3) is 4.26. The van der Waals surface area contributed by atoms with E-state index in [4.69, 9.17) is 9.47 Å². The molecule has 2 N–H and O–H groups in total. The summed E-state index contributed by atoms with van der Waals surface area (Å²) in [5, 5.41) is 10.1. The molecular weight excluding hydrogens is 308 g/mol. The molecule has 0 aliphatic rings. The van der Waals surface area contributed by atoms with Crippen molar-refractivity contribution in [2.24, 2.45) is 7.05 Å². The lowest BCUT2D eigenvalue weighted by atomic mass is 10.1. The van der Waals surface area contributed by atoms with Gasteiger partial charge in [-0.05, 0) is 31.2 Å². The molecule has 1 aromatic heterocycles. The highest BCUT2D eigenvalue weighted by Crippen LogP contribution is 2.27. The van der Waals surface area contributed by atoms with Crippen LogP contribution in [0.4, 0.5) is 0 Å². The zero-order chi connectivity index (χ0) is 17.5. The second-order valence-electron chi connectivity index (χ2n) is 5.40. The zero-order valence-electron chi connectivity index (χ0n) is 14.5. The quantitative estimate of drug-likeness (QED) is 0.756. The van der Waals surface area contributed by atoms with E-state index in [1.165, 1.54) is 0 Å². The van der Waals surface area contributed by atoms with Gasteiger partial charge in [-0.15, -0.1) is 0 Å². The van der Waals surface area contributed by atoms with Gasteiger partial charge < -0.3 is 20.1 Å². The van der Waals surface area contributed by atoms with Gasteiger partial charge in [-0.1, -0.05) is 6.07 Å². The molecule has 130 valence electrons. The van der Waals surface area contributed by atoms with Gasteiger partial charge in [0.05, 0.1) is 20.4 Å². The van der Waals surface area contributed by atoms with Crippen LogP contribution in [0.2, 0.25) is 0 Å². The molecule has 0 saturated carbocycles. The Labute approximate surface area is 142 Å². The number of nitrogens with one attached hydrogen (secondary N) is 2. The standard InChI is InChI=1S/C17H24N4O3/c1-18-16(13-10-20-21(2)11-13)17(22)19-8-7-12-5-6-14(23-3)15(9-12)24-4/h5-6,9-11,16,18H,7-8H2,1-4H3,(H,19,22). The molecule has 1 heterocycles. The van der Waals surface area contributed by atoms with E-state index in [1.807, 2.05) is 31.4 Å². The molecule has 0 radical (unpaired) electrons. The number of carbonyl (C=O) groups excluding carboxylic acids is 1. The van der Waals surface area contributed by atoms with Crippen LogP contribution >= 0.6 is 0 Å². The number of hydrogen-bond acceptors (Lipinski definition) is 5. The largest absolute Gasteiger partial charge is 0.493 e. The first-order valence-corrected chi connectivity index (χ1v) is 7.73. The van der Waals surface area contributed by atoms with Crippen molar-refractivity contribution in [3.8, 4) is 11.5 Å². The Bertz CT molecular complexity index is 684. The van der Waals surface area contributed by atoms with Gasteiger partial charge in [0.1, 0.15) is 6.04 Å². The highest BCUT2D eigenvalue weighted by molar-refractivity contribution is 5.83. The minimum absolute atomic E-state index is 0.0778. The molecule has 0 spiro atoms. The lowest BCUT2D eigenvalue weighted by Crippen LogP contribution is -2.36. The Morgan fingerprint density at radius 2 is 2.04 bits per heavy atom.